The Bertz CT molecular complexity index is 358. The summed E-state index contributed by atoms with van der Waals surface area (Å²) in [6.45, 7) is 3.75. The molecule has 0 saturated carbocycles. The van der Waals surface area contributed by atoms with Gasteiger partial charge in [0.2, 0.25) is 5.91 Å². The van der Waals surface area contributed by atoms with Crippen LogP contribution in [0.5, 0.6) is 0 Å². The van der Waals surface area contributed by atoms with E-state index in [4.69, 9.17) is 9.15 Å². The van der Waals surface area contributed by atoms with Crippen LogP contribution in [0.4, 0.5) is 0 Å². The summed E-state index contributed by atoms with van der Waals surface area (Å²) in [4.78, 5) is 11.7. The Morgan fingerprint density at radius 2 is 2.28 bits per heavy atom. The lowest BCUT2D eigenvalue weighted by molar-refractivity contribution is -0.121. The molecule has 2 rings (SSSR count). The molecule has 1 aromatic rings. The Kier molecular flexibility index (Phi) is 4.78. The highest BCUT2D eigenvalue weighted by Gasteiger charge is 2.16. The van der Waals surface area contributed by atoms with E-state index in [1.807, 2.05) is 19.1 Å². The number of hydrogen-bond acceptors (Lipinski definition) is 4. The largest absolute Gasteiger partial charge is 0.468 e. The van der Waals surface area contributed by atoms with Crippen molar-refractivity contribution in [3.8, 4) is 0 Å². The second kappa shape index (κ2) is 6.56. The third-order valence-electron chi connectivity index (χ3n) is 3.13. The van der Waals surface area contributed by atoms with Gasteiger partial charge in [0.25, 0.3) is 0 Å². The van der Waals surface area contributed by atoms with Crippen molar-refractivity contribution in [3.63, 3.8) is 0 Å². The molecule has 0 aliphatic carbocycles. The summed E-state index contributed by atoms with van der Waals surface area (Å²) < 4.78 is 10.5. The van der Waals surface area contributed by atoms with Crippen molar-refractivity contribution in [2.45, 2.75) is 31.8 Å². The summed E-state index contributed by atoms with van der Waals surface area (Å²) in [5, 5.41) is 6.14. The summed E-state index contributed by atoms with van der Waals surface area (Å²) in [6, 6.07) is 4.04. The van der Waals surface area contributed by atoms with Crippen LogP contribution in [0, 0.1) is 0 Å². The molecule has 5 heteroatoms. The minimum atomic E-state index is 0.0281. The Morgan fingerprint density at radius 3 is 2.94 bits per heavy atom. The van der Waals surface area contributed by atoms with E-state index < -0.39 is 0 Å². The first kappa shape index (κ1) is 13.1. The van der Waals surface area contributed by atoms with Gasteiger partial charge in [-0.2, -0.15) is 0 Å². The van der Waals surface area contributed by atoms with Gasteiger partial charge in [0.15, 0.2) is 0 Å². The van der Waals surface area contributed by atoms with E-state index in [1.165, 1.54) is 0 Å². The molecule has 100 valence electrons. The number of nitrogens with one attached hydrogen (secondary N) is 2. The highest BCUT2D eigenvalue weighted by Crippen LogP contribution is 2.11. The van der Waals surface area contributed by atoms with E-state index >= 15 is 0 Å². The van der Waals surface area contributed by atoms with Gasteiger partial charge >= 0.3 is 0 Å². The first-order chi connectivity index (χ1) is 8.75. The standard InChI is InChI=1S/C13H20N2O3/c1-10(12-3-2-6-18-12)14-9-13(16)15-11-4-7-17-8-5-11/h2-3,6,10-11,14H,4-5,7-9H2,1H3,(H,15,16)/t10-/m1/s1. The van der Waals surface area contributed by atoms with Crippen molar-refractivity contribution in [2.75, 3.05) is 19.8 Å². The molecule has 1 aliphatic heterocycles. The lowest BCUT2D eigenvalue weighted by atomic mass is 10.1. The average molecular weight is 252 g/mol. The predicted octanol–water partition coefficient (Wildman–Crippen LogP) is 1.23. The predicted molar refractivity (Wildman–Crippen MR) is 67.1 cm³/mol. The number of ether oxygens (including phenoxy) is 1. The summed E-state index contributed by atoms with van der Waals surface area (Å²) >= 11 is 0. The summed E-state index contributed by atoms with van der Waals surface area (Å²) in [7, 11) is 0. The molecule has 0 spiro atoms. The molecule has 1 fully saturated rings. The summed E-state index contributed by atoms with van der Waals surface area (Å²) in [6.07, 6.45) is 3.44. The van der Waals surface area contributed by atoms with Crippen LogP contribution in [-0.2, 0) is 9.53 Å². The molecule has 0 bridgehead atoms. The van der Waals surface area contributed by atoms with Crippen molar-refractivity contribution >= 4 is 5.91 Å². The van der Waals surface area contributed by atoms with E-state index in [0.29, 0.717) is 6.54 Å². The van der Waals surface area contributed by atoms with E-state index in [2.05, 4.69) is 10.6 Å². The van der Waals surface area contributed by atoms with Gasteiger partial charge in [0.1, 0.15) is 5.76 Å². The van der Waals surface area contributed by atoms with Gasteiger partial charge in [0, 0.05) is 19.3 Å². The SMILES string of the molecule is C[C@@H](NCC(=O)NC1CCOCC1)c1ccco1. The van der Waals surface area contributed by atoms with Crippen molar-refractivity contribution in [1.29, 1.82) is 0 Å². The van der Waals surface area contributed by atoms with Gasteiger partial charge in [-0.25, -0.2) is 0 Å². The number of hydrogen-bond donors (Lipinski definition) is 2. The zero-order valence-corrected chi connectivity index (χ0v) is 10.6. The van der Waals surface area contributed by atoms with Crippen LogP contribution in [-0.4, -0.2) is 31.7 Å². The topological polar surface area (TPSA) is 63.5 Å². The maximum atomic E-state index is 11.7. The fourth-order valence-corrected chi connectivity index (χ4v) is 2.00. The lowest BCUT2D eigenvalue weighted by Gasteiger charge is -2.23. The monoisotopic (exact) mass is 252 g/mol. The van der Waals surface area contributed by atoms with Gasteiger partial charge in [-0.05, 0) is 31.9 Å². The van der Waals surface area contributed by atoms with Gasteiger partial charge in [-0.15, -0.1) is 0 Å². The normalized spacial score (nSPS) is 18.5. The third-order valence-corrected chi connectivity index (χ3v) is 3.13. The van der Waals surface area contributed by atoms with E-state index in [-0.39, 0.29) is 18.0 Å². The van der Waals surface area contributed by atoms with Gasteiger partial charge in [-0.1, -0.05) is 0 Å². The van der Waals surface area contributed by atoms with Crippen LogP contribution in [0.25, 0.3) is 0 Å². The zero-order chi connectivity index (χ0) is 12.8. The molecule has 1 amide bonds. The third kappa shape index (κ3) is 3.85. The van der Waals surface area contributed by atoms with Crippen LogP contribution in [0.15, 0.2) is 22.8 Å². The zero-order valence-electron chi connectivity index (χ0n) is 10.6. The first-order valence-corrected chi connectivity index (χ1v) is 6.39. The molecule has 1 atom stereocenters. The fourth-order valence-electron chi connectivity index (χ4n) is 2.00. The molecule has 1 aromatic heterocycles. The highest BCUT2D eigenvalue weighted by atomic mass is 16.5. The maximum Gasteiger partial charge on any atom is 0.234 e. The second-order valence-electron chi connectivity index (χ2n) is 4.57. The first-order valence-electron chi connectivity index (χ1n) is 6.39. The molecule has 2 N–H and O–H groups in total. The van der Waals surface area contributed by atoms with Crippen LogP contribution in [0.2, 0.25) is 0 Å². The molecular formula is C13H20N2O3. The van der Waals surface area contributed by atoms with Crippen LogP contribution in [0.3, 0.4) is 0 Å². The Hall–Kier alpha value is -1.33. The quantitative estimate of drug-likeness (QED) is 0.827. The number of rotatable bonds is 5. The average Bonchev–Trinajstić information content (AvgIpc) is 2.91. The van der Waals surface area contributed by atoms with Crippen LogP contribution < -0.4 is 10.6 Å². The Morgan fingerprint density at radius 1 is 1.50 bits per heavy atom. The minimum Gasteiger partial charge on any atom is -0.468 e. The van der Waals surface area contributed by atoms with Gasteiger partial charge in [0.05, 0.1) is 18.8 Å². The minimum absolute atomic E-state index is 0.0281. The molecule has 1 saturated heterocycles. The van der Waals surface area contributed by atoms with Crippen molar-refractivity contribution in [2.24, 2.45) is 0 Å². The fraction of sp³-hybridized carbons (Fsp3) is 0.615. The van der Waals surface area contributed by atoms with Crippen LogP contribution in [0.1, 0.15) is 31.6 Å². The molecular weight excluding hydrogens is 232 g/mol. The molecule has 18 heavy (non-hydrogen) atoms. The lowest BCUT2D eigenvalue weighted by Crippen LogP contribution is -2.43. The van der Waals surface area contributed by atoms with Crippen molar-refractivity contribution < 1.29 is 13.9 Å². The summed E-state index contributed by atoms with van der Waals surface area (Å²) in [5.41, 5.74) is 0. The van der Waals surface area contributed by atoms with E-state index in [0.717, 1.165) is 31.8 Å². The second-order valence-corrected chi connectivity index (χ2v) is 4.57. The molecule has 0 radical (unpaired) electrons. The van der Waals surface area contributed by atoms with Crippen LogP contribution >= 0.6 is 0 Å². The van der Waals surface area contributed by atoms with E-state index in [9.17, 15) is 4.79 Å². The number of furan rings is 1. The molecule has 1 aliphatic rings. The molecule has 5 nitrogen and oxygen atoms in total. The number of amides is 1. The Balaban J connectivity index is 1.68. The van der Waals surface area contributed by atoms with E-state index in [1.54, 1.807) is 6.26 Å². The molecule has 0 unspecified atom stereocenters. The smallest absolute Gasteiger partial charge is 0.234 e. The summed E-state index contributed by atoms with van der Waals surface area (Å²) in [5.74, 6) is 0.870. The Labute approximate surface area is 107 Å². The molecule has 2 heterocycles. The number of carbonyl (C=O) groups excluding carboxylic acids is 1. The molecule has 0 aromatic carbocycles. The highest BCUT2D eigenvalue weighted by molar-refractivity contribution is 5.78. The van der Waals surface area contributed by atoms with Crippen molar-refractivity contribution in [1.82, 2.24) is 10.6 Å². The van der Waals surface area contributed by atoms with Crippen molar-refractivity contribution in [3.05, 3.63) is 24.2 Å². The number of carbonyl (C=O) groups is 1. The maximum absolute atomic E-state index is 11.7. The van der Waals surface area contributed by atoms with Gasteiger partial charge in [-0.3, -0.25) is 10.1 Å². The van der Waals surface area contributed by atoms with Gasteiger partial charge < -0.3 is 14.5 Å².